The Morgan fingerprint density at radius 2 is 2.07 bits per heavy atom. The molecule has 0 bridgehead atoms. The molecule has 1 aromatic rings. The number of benzene rings is 1. The number of hydrogen-bond acceptors (Lipinski definition) is 1. The average Bonchev–Trinajstić information content (AvgIpc) is 2.63. The average molecular weight is 191 g/mol. The monoisotopic (exact) mass is 191 g/mol. The Balaban J connectivity index is 0.000000461. The molecule has 2 heteroatoms. The van der Waals surface area contributed by atoms with Crippen LogP contribution in [0.4, 0.5) is 0 Å². The molecule has 1 aliphatic rings. The van der Waals surface area contributed by atoms with Gasteiger partial charge < -0.3 is 5.32 Å². The van der Waals surface area contributed by atoms with Crippen molar-refractivity contribution in [2.45, 2.75) is 33.7 Å². The highest BCUT2D eigenvalue weighted by Crippen LogP contribution is 2.17. The van der Waals surface area contributed by atoms with Gasteiger partial charge in [0.1, 0.15) is 0 Å². The second-order valence-corrected chi connectivity index (χ2v) is 3.03. The van der Waals surface area contributed by atoms with Gasteiger partial charge in [0, 0.05) is 12.1 Å². The van der Waals surface area contributed by atoms with Gasteiger partial charge in [0.05, 0.1) is 0 Å². The fraction of sp³-hybridized carbons (Fsp3) is 0.417. The van der Waals surface area contributed by atoms with Crippen LogP contribution in [0.3, 0.4) is 0 Å². The normalized spacial score (nSPS) is 12.6. The SMILES string of the molecule is CC.CCc1ccc2c(c1)C(=O)NC2. The van der Waals surface area contributed by atoms with E-state index in [1.54, 1.807) is 0 Å². The maximum absolute atomic E-state index is 11.2. The lowest BCUT2D eigenvalue weighted by Gasteiger charge is -1.98. The van der Waals surface area contributed by atoms with Gasteiger partial charge >= 0.3 is 0 Å². The zero-order valence-corrected chi connectivity index (χ0v) is 9.05. The molecule has 0 atom stereocenters. The van der Waals surface area contributed by atoms with Crippen LogP contribution in [-0.2, 0) is 13.0 Å². The number of nitrogens with one attached hydrogen (secondary N) is 1. The number of amides is 1. The third-order valence-electron chi connectivity index (χ3n) is 2.27. The molecule has 0 saturated heterocycles. The first-order valence-corrected chi connectivity index (χ1v) is 5.21. The molecule has 0 spiro atoms. The lowest BCUT2D eigenvalue weighted by molar-refractivity contribution is 0.0965. The molecule has 76 valence electrons. The summed E-state index contributed by atoms with van der Waals surface area (Å²) in [5, 5.41) is 2.80. The molecule has 1 aromatic carbocycles. The van der Waals surface area contributed by atoms with Gasteiger partial charge in [-0.2, -0.15) is 0 Å². The number of fused-ring (bicyclic) bond motifs is 1. The third-order valence-corrected chi connectivity index (χ3v) is 2.27. The molecule has 14 heavy (non-hydrogen) atoms. The summed E-state index contributed by atoms with van der Waals surface area (Å²) in [5.74, 6) is 0.0697. The molecular weight excluding hydrogens is 174 g/mol. The first-order chi connectivity index (χ1) is 6.81. The highest BCUT2D eigenvalue weighted by atomic mass is 16.1. The molecule has 1 aliphatic heterocycles. The van der Waals surface area contributed by atoms with Gasteiger partial charge in [-0.15, -0.1) is 0 Å². The van der Waals surface area contributed by atoms with Crippen LogP contribution in [0.1, 0.15) is 42.3 Å². The number of rotatable bonds is 1. The Morgan fingerprint density at radius 3 is 2.71 bits per heavy atom. The summed E-state index contributed by atoms with van der Waals surface area (Å²) >= 11 is 0. The Labute approximate surface area is 85.3 Å². The largest absolute Gasteiger partial charge is 0.348 e. The lowest BCUT2D eigenvalue weighted by Crippen LogP contribution is -2.12. The van der Waals surface area contributed by atoms with Crippen molar-refractivity contribution < 1.29 is 4.79 Å². The molecule has 0 aliphatic carbocycles. The van der Waals surface area contributed by atoms with Crippen LogP contribution < -0.4 is 5.32 Å². The standard InChI is InChI=1S/C10H11NO.C2H6/c1-2-7-3-4-8-6-11-10(12)9(8)5-7;1-2/h3-5H,2,6H2,1H3,(H,11,12);1-2H3. The highest BCUT2D eigenvalue weighted by Gasteiger charge is 2.17. The lowest BCUT2D eigenvalue weighted by atomic mass is 10.0. The van der Waals surface area contributed by atoms with Crippen molar-refractivity contribution in [1.29, 1.82) is 0 Å². The van der Waals surface area contributed by atoms with Crippen molar-refractivity contribution in [1.82, 2.24) is 5.32 Å². The zero-order chi connectivity index (χ0) is 10.6. The Morgan fingerprint density at radius 1 is 1.36 bits per heavy atom. The first-order valence-electron chi connectivity index (χ1n) is 5.21. The highest BCUT2D eigenvalue weighted by molar-refractivity contribution is 5.98. The van der Waals surface area contributed by atoms with E-state index >= 15 is 0 Å². The predicted octanol–water partition coefficient (Wildman–Crippen LogP) is 2.52. The van der Waals surface area contributed by atoms with E-state index in [9.17, 15) is 4.79 Å². The number of carbonyl (C=O) groups excluding carboxylic acids is 1. The van der Waals surface area contributed by atoms with Gasteiger partial charge in [-0.1, -0.05) is 32.9 Å². The van der Waals surface area contributed by atoms with Crippen molar-refractivity contribution in [3.8, 4) is 0 Å². The molecule has 0 saturated carbocycles. The van der Waals surface area contributed by atoms with Crippen molar-refractivity contribution in [3.63, 3.8) is 0 Å². The minimum Gasteiger partial charge on any atom is -0.348 e. The molecule has 0 aromatic heterocycles. The molecule has 1 heterocycles. The topological polar surface area (TPSA) is 29.1 Å². The van der Waals surface area contributed by atoms with E-state index in [1.807, 2.05) is 26.0 Å². The summed E-state index contributed by atoms with van der Waals surface area (Å²) in [6, 6.07) is 6.10. The molecular formula is C12H17NO. The van der Waals surface area contributed by atoms with Gasteiger partial charge in [-0.3, -0.25) is 4.79 Å². The van der Waals surface area contributed by atoms with Crippen LogP contribution in [-0.4, -0.2) is 5.91 Å². The van der Waals surface area contributed by atoms with E-state index in [0.717, 1.165) is 17.5 Å². The van der Waals surface area contributed by atoms with Crippen molar-refractivity contribution in [3.05, 3.63) is 34.9 Å². The smallest absolute Gasteiger partial charge is 0.251 e. The van der Waals surface area contributed by atoms with E-state index in [0.29, 0.717) is 6.54 Å². The first kappa shape index (κ1) is 10.8. The van der Waals surface area contributed by atoms with Crippen LogP contribution in [0.25, 0.3) is 0 Å². The molecule has 1 N–H and O–H groups in total. The fourth-order valence-corrected chi connectivity index (χ4v) is 1.48. The van der Waals surface area contributed by atoms with Crippen LogP contribution in [0.2, 0.25) is 0 Å². The quantitative estimate of drug-likeness (QED) is 0.726. The van der Waals surface area contributed by atoms with Gasteiger partial charge in [-0.05, 0) is 23.6 Å². The Kier molecular flexibility index (Phi) is 3.69. The summed E-state index contributed by atoms with van der Waals surface area (Å²) in [6.07, 6.45) is 0.987. The maximum atomic E-state index is 11.2. The Bertz CT molecular complexity index is 331. The van der Waals surface area contributed by atoms with Crippen LogP contribution in [0.5, 0.6) is 0 Å². The van der Waals surface area contributed by atoms with Gasteiger partial charge in [0.2, 0.25) is 0 Å². The molecule has 2 rings (SSSR count). The van der Waals surface area contributed by atoms with E-state index in [4.69, 9.17) is 0 Å². The van der Waals surface area contributed by atoms with Crippen LogP contribution in [0.15, 0.2) is 18.2 Å². The molecule has 1 amide bonds. The minimum atomic E-state index is 0.0697. The second-order valence-electron chi connectivity index (χ2n) is 3.03. The van der Waals surface area contributed by atoms with Crippen molar-refractivity contribution in [2.24, 2.45) is 0 Å². The van der Waals surface area contributed by atoms with Crippen LogP contribution >= 0.6 is 0 Å². The maximum Gasteiger partial charge on any atom is 0.251 e. The minimum absolute atomic E-state index is 0.0697. The third kappa shape index (κ3) is 1.95. The summed E-state index contributed by atoms with van der Waals surface area (Å²) in [4.78, 5) is 11.2. The molecule has 0 fully saturated rings. The zero-order valence-electron chi connectivity index (χ0n) is 9.05. The summed E-state index contributed by atoms with van der Waals surface area (Å²) in [5.41, 5.74) is 3.21. The van der Waals surface area contributed by atoms with Crippen LogP contribution in [0, 0.1) is 0 Å². The molecule has 0 radical (unpaired) electrons. The van der Waals surface area contributed by atoms with Crippen molar-refractivity contribution >= 4 is 5.91 Å². The summed E-state index contributed by atoms with van der Waals surface area (Å²) < 4.78 is 0. The number of aryl methyl sites for hydroxylation is 1. The van der Waals surface area contributed by atoms with E-state index < -0.39 is 0 Å². The Hall–Kier alpha value is -1.31. The molecule has 0 unspecified atom stereocenters. The fourth-order valence-electron chi connectivity index (χ4n) is 1.48. The van der Waals surface area contributed by atoms with E-state index in [-0.39, 0.29) is 5.91 Å². The van der Waals surface area contributed by atoms with E-state index in [1.165, 1.54) is 5.56 Å². The summed E-state index contributed by atoms with van der Waals surface area (Å²) in [7, 11) is 0. The second kappa shape index (κ2) is 4.80. The number of carbonyl (C=O) groups is 1. The van der Waals surface area contributed by atoms with Gasteiger partial charge in [0.25, 0.3) is 5.91 Å². The summed E-state index contributed by atoms with van der Waals surface area (Å²) in [6.45, 7) is 6.78. The van der Waals surface area contributed by atoms with Gasteiger partial charge in [0.15, 0.2) is 0 Å². The van der Waals surface area contributed by atoms with Crippen molar-refractivity contribution in [2.75, 3.05) is 0 Å². The predicted molar refractivity (Wildman–Crippen MR) is 58.3 cm³/mol. The van der Waals surface area contributed by atoms with Gasteiger partial charge in [-0.25, -0.2) is 0 Å². The molecule has 2 nitrogen and oxygen atoms in total. The number of hydrogen-bond donors (Lipinski definition) is 1. The van der Waals surface area contributed by atoms with E-state index in [2.05, 4.69) is 18.3 Å².